The minimum absolute atomic E-state index is 0.176. The van der Waals surface area contributed by atoms with E-state index < -0.39 is 5.97 Å². The zero-order valence-electron chi connectivity index (χ0n) is 14.8. The Hall–Kier alpha value is -1.85. The van der Waals surface area contributed by atoms with Crippen molar-refractivity contribution in [2.24, 2.45) is 0 Å². The molecule has 2 aromatic rings. The second-order valence-electron chi connectivity index (χ2n) is 6.00. The summed E-state index contributed by atoms with van der Waals surface area (Å²) in [6.45, 7) is 7.55. The minimum atomic E-state index is -0.391. The topological polar surface area (TPSA) is 55.4 Å². The first-order valence-corrected chi connectivity index (χ1v) is 9.38. The van der Waals surface area contributed by atoms with Gasteiger partial charge in [-0.05, 0) is 50.5 Å². The predicted octanol–water partition coefficient (Wildman–Crippen LogP) is 5.02. The number of carbonyl (C=O) groups is 2. The highest BCUT2D eigenvalue weighted by molar-refractivity contribution is 7.16. The molecule has 0 bridgehead atoms. The summed E-state index contributed by atoms with van der Waals surface area (Å²) in [5.74, 6) is -0.567. The number of ether oxygens (including phenoxy) is 1. The maximum absolute atomic E-state index is 12.5. The van der Waals surface area contributed by atoms with E-state index in [1.807, 2.05) is 39.8 Å². The number of carbonyl (C=O) groups excluding carboxylic acids is 2. The number of nitrogens with one attached hydrogen (secondary N) is 1. The molecule has 2 rings (SSSR count). The van der Waals surface area contributed by atoms with Crippen LogP contribution in [0.25, 0.3) is 0 Å². The molecule has 0 fully saturated rings. The molecule has 6 heteroatoms. The highest BCUT2D eigenvalue weighted by Gasteiger charge is 2.24. The van der Waals surface area contributed by atoms with E-state index in [0.29, 0.717) is 22.0 Å². The van der Waals surface area contributed by atoms with Crippen LogP contribution in [0.15, 0.2) is 24.3 Å². The quantitative estimate of drug-likeness (QED) is 0.717. The third kappa shape index (κ3) is 5.06. The van der Waals surface area contributed by atoms with Crippen molar-refractivity contribution in [1.82, 2.24) is 0 Å². The highest BCUT2D eigenvalue weighted by Crippen LogP contribution is 2.34. The number of halogens is 1. The third-order valence-electron chi connectivity index (χ3n) is 3.64. The lowest BCUT2D eigenvalue weighted by molar-refractivity contribution is -0.115. The van der Waals surface area contributed by atoms with Gasteiger partial charge in [0.05, 0.1) is 18.1 Å². The van der Waals surface area contributed by atoms with Gasteiger partial charge in [0.25, 0.3) is 0 Å². The fraction of sp³-hybridized carbons (Fsp3) is 0.368. The zero-order chi connectivity index (χ0) is 18.6. The van der Waals surface area contributed by atoms with Crippen LogP contribution in [-0.2, 0) is 22.4 Å². The molecule has 0 aliphatic heterocycles. The molecule has 1 aromatic carbocycles. The van der Waals surface area contributed by atoms with Gasteiger partial charge < -0.3 is 10.1 Å². The summed E-state index contributed by atoms with van der Waals surface area (Å²) in [5, 5.41) is 4.05. The van der Waals surface area contributed by atoms with Gasteiger partial charge in [-0.25, -0.2) is 4.79 Å². The molecule has 1 aromatic heterocycles. The molecule has 25 heavy (non-hydrogen) atoms. The van der Waals surface area contributed by atoms with Crippen molar-refractivity contribution in [3.05, 3.63) is 50.9 Å². The lowest BCUT2D eigenvalue weighted by Crippen LogP contribution is -2.18. The van der Waals surface area contributed by atoms with Gasteiger partial charge in [0, 0.05) is 9.90 Å². The van der Waals surface area contributed by atoms with Crippen LogP contribution in [0.4, 0.5) is 5.00 Å². The Labute approximate surface area is 157 Å². The van der Waals surface area contributed by atoms with Crippen molar-refractivity contribution in [3.63, 3.8) is 0 Å². The van der Waals surface area contributed by atoms with Crippen LogP contribution in [0.5, 0.6) is 0 Å². The van der Waals surface area contributed by atoms with Crippen molar-refractivity contribution in [2.45, 2.75) is 46.6 Å². The van der Waals surface area contributed by atoms with Gasteiger partial charge >= 0.3 is 5.97 Å². The van der Waals surface area contributed by atoms with E-state index in [1.165, 1.54) is 11.3 Å². The van der Waals surface area contributed by atoms with Crippen molar-refractivity contribution in [1.29, 1.82) is 0 Å². The van der Waals surface area contributed by atoms with Crippen LogP contribution in [0, 0.1) is 6.92 Å². The number of thiophene rings is 1. The van der Waals surface area contributed by atoms with Gasteiger partial charge in [0.1, 0.15) is 5.00 Å². The molecule has 4 nitrogen and oxygen atoms in total. The number of rotatable bonds is 6. The van der Waals surface area contributed by atoms with E-state index in [2.05, 4.69) is 5.32 Å². The Bertz CT molecular complexity index is 766. The molecule has 0 saturated carbocycles. The van der Waals surface area contributed by atoms with Gasteiger partial charge in [-0.1, -0.05) is 30.7 Å². The van der Waals surface area contributed by atoms with Gasteiger partial charge in [-0.15, -0.1) is 11.3 Å². The summed E-state index contributed by atoms with van der Waals surface area (Å²) in [7, 11) is 0. The summed E-state index contributed by atoms with van der Waals surface area (Å²) in [5.41, 5.74) is 2.26. The average molecular weight is 380 g/mol. The molecule has 0 atom stereocenters. The molecule has 0 aliphatic carbocycles. The molecule has 134 valence electrons. The van der Waals surface area contributed by atoms with Gasteiger partial charge in [-0.2, -0.15) is 0 Å². The number of hydrogen-bond donors (Lipinski definition) is 1. The summed E-state index contributed by atoms with van der Waals surface area (Å²) in [6.07, 6.45) is 0.710. The molecule has 1 N–H and O–H groups in total. The average Bonchev–Trinajstić information content (AvgIpc) is 2.84. The normalized spacial score (nSPS) is 10.8. The van der Waals surface area contributed by atoms with Crippen LogP contribution in [0.3, 0.4) is 0 Å². The maximum Gasteiger partial charge on any atom is 0.341 e. The van der Waals surface area contributed by atoms with E-state index in [0.717, 1.165) is 16.0 Å². The fourth-order valence-electron chi connectivity index (χ4n) is 2.54. The maximum atomic E-state index is 12.5. The summed E-state index contributed by atoms with van der Waals surface area (Å²) >= 11 is 7.27. The van der Waals surface area contributed by atoms with Gasteiger partial charge in [-0.3, -0.25) is 4.79 Å². The lowest BCUT2D eigenvalue weighted by atomic mass is 10.1. The van der Waals surface area contributed by atoms with Crippen LogP contribution < -0.4 is 5.32 Å². The third-order valence-corrected chi connectivity index (χ3v) is 4.96. The Morgan fingerprint density at radius 1 is 1.24 bits per heavy atom. The number of benzene rings is 1. The van der Waals surface area contributed by atoms with Crippen LogP contribution >= 0.6 is 22.9 Å². The zero-order valence-corrected chi connectivity index (χ0v) is 16.4. The smallest absolute Gasteiger partial charge is 0.341 e. The van der Waals surface area contributed by atoms with Crippen LogP contribution in [-0.4, -0.2) is 18.0 Å². The van der Waals surface area contributed by atoms with E-state index >= 15 is 0 Å². The van der Waals surface area contributed by atoms with E-state index in [-0.39, 0.29) is 18.4 Å². The Morgan fingerprint density at radius 3 is 2.44 bits per heavy atom. The van der Waals surface area contributed by atoms with Crippen molar-refractivity contribution in [2.75, 3.05) is 5.32 Å². The molecule has 0 saturated heterocycles. The van der Waals surface area contributed by atoms with E-state index in [9.17, 15) is 9.59 Å². The largest absolute Gasteiger partial charge is 0.459 e. The number of aryl methyl sites for hydroxylation is 1. The van der Waals surface area contributed by atoms with Gasteiger partial charge in [0.15, 0.2) is 0 Å². The SMILES string of the molecule is CCc1c(C)sc(NC(=O)Cc2ccc(Cl)cc2)c1C(=O)OC(C)C. The van der Waals surface area contributed by atoms with Crippen LogP contribution in [0.2, 0.25) is 5.02 Å². The molecule has 0 radical (unpaired) electrons. The predicted molar refractivity (Wildman–Crippen MR) is 103 cm³/mol. The molecule has 0 aliphatic rings. The summed E-state index contributed by atoms with van der Waals surface area (Å²) < 4.78 is 5.35. The minimum Gasteiger partial charge on any atom is -0.459 e. The number of amides is 1. The molecule has 1 amide bonds. The molecular formula is C19H22ClNO3S. The molecular weight excluding hydrogens is 358 g/mol. The second-order valence-corrected chi connectivity index (χ2v) is 7.66. The number of anilines is 1. The summed E-state index contributed by atoms with van der Waals surface area (Å²) in [4.78, 5) is 25.9. The first-order chi connectivity index (χ1) is 11.8. The van der Waals surface area contributed by atoms with E-state index in [1.54, 1.807) is 12.1 Å². The standard InChI is InChI=1S/C19H22ClNO3S/c1-5-15-12(4)25-18(17(15)19(23)24-11(2)3)21-16(22)10-13-6-8-14(20)9-7-13/h6-9,11H,5,10H2,1-4H3,(H,21,22). The van der Waals surface area contributed by atoms with E-state index in [4.69, 9.17) is 16.3 Å². The molecule has 0 spiro atoms. The highest BCUT2D eigenvalue weighted by atomic mass is 35.5. The van der Waals surface area contributed by atoms with Crippen molar-refractivity contribution >= 4 is 39.8 Å². The Balaban J connectivity index is 2.21. The summed E-state index contributed by atoms with van der Waals surface area (Å²) in [6, 6.07) is 7.13. The fourth-order valence-corrected chi connectivity index (χ4v) is 3.82. The number of hydrogen-bond acceptors (Lipinski definition) is 4. The Morgan fingerprint density at radius 2 is 1.88 bits per heavy atom. The van der Waals surface area contributed by atoms with Crippen molar-refractivity contribution < 1.29 is 14.3 Å². The van der Waals surface area contributed by atoms with Gasteiger partial charge in [0.2, 0.25) is 5.91 Å². The Kier molecular flexibility index (Phi) is 6.62. The first-order valence-electron chi connectivity index (χ1n) is 8.19. The monoisotopic (exact) mass is 379 g/mol. The second kappa shape index (κ2) is 8.50. The van der Waals surface area contributed by atoms with Crippen LogP contribution in [0.1, 0.15) is 47.1 Å². The molecule has 0 unspecified atom stereocenters. The van der Waals surface area contributed by atoms with Crippen molar-refractivity contribution in [3.8, 4) is 0 Å². The first kappa shape index (κ1) is 19.5. The lowest BCUT2D eigenvalue weighted by Gasteiger charge is -2.11. The number of esters is 1. The molecule has 1 heterocycles.